The fourth-order valence-corrected chi connectivity index (χ4v) is 30.0. The van der Waals surface area contributed by atoms with E-state index in [4.69, 9.17) is 48.8 Å². The molecule has 0 unspecified atom stereocenters. The van der Waals surface area contributed by atoms with E-state index in [2.05, 4.69) is 65.2 Å². The number of aliphatic imine (C=N–C) groups is 4. The first-order valence-corrected chi connectivity index (χ1v) is 52.2. The van der Waals surface area contributed by atoms with Crippen molar-refractivity contribution in [3.63, 3.8) is 0 Å². The molecule has 0 radical (unpaired) electrons. The molecule has 5 aromatic rings. The number of carbonyl (C=O) groups is 4. The highest BCUT2D eigenvalue weighted by Crippen LogP contribution is 2.53. The summed E-state index contributed by atoms with van der Waals surface area (Å²) in [5.74, 6) is -4.05. The van der Waals surface area contributed by atoms with Crippen molar-refractivity contribution in [3.8, 4) is 0 Å². The van der Waals surface area contributed by atoms with E-state index in [0.717, 1.165) is 5.56 Å². The number of aliphatic hydroxyl groups excluding tert-OH is 1. The van der Waals surface area contributed by atoms with Crippen LogP contribution in [0.25, 0.3) is 0 Å². The number of halogens is 7. The van der Waals surface area contributed by atoms with Crippen LogP contribution in [0.3, 0.4) is 0 Å². The Labute approximate surface area is 779 Å². The second kappa shape index (κ2) is 38.7. The lowest BCUT2D eigenvalue weighted by molar-refractivity contribution is -0.154. The number of nitrogens with zero attached hydrogens (tertiary/aromatic N) is 8. The van der Waals surface area contributed by atoms with Gasteiger partial charge in [0, 0.05) is 77.3 Å². The van der Waals surface area contributed by atoms with Gasteiger partial charge in [-0.15, -0.1) is 0 Å². The van der Waals surface area contributed by atoms with Crippen LogP contribution in [0.2, 0.25) is 0 Å². The molecule has 6 aliphatic rings. The summed E-state index contributed by atoms with van der Waals surface area (Å²) in [5.41, 5.74) is 2.33. The highest BCUT2D eigenvalue weighted by molar-refractivity contribution is 9.11. The number of ether oxygens (including phenoxy) is 4. The molecular weight excluding hydrogens is 1950 g/mol. The number of rotatable bonds is 19. The number of carbonyl (C=O) groups excluding carboxylic acids is 4. The molecule has 5 aromatic carbocycles. The van der Waals surface area contributed by atoms with Crippen LogP contribution in [0.1, 0.15) is 233 Å². The average molecular weight is 2080 g/mol. The van der Waals surface area contributed by atoms with E-state index < -0.39 is 170 Å². The molecule has 0 spiro atoms. The van der Waals surface area contributed by atoms with Crippen molar-refractivity contribution in [3.05, 3.63) is 162 Å². The zero-order valence-electron chi connectivity index (χ0n) is 77.7. The van der Waals surface area contributed by atoms with Crippen molar-refractivity contribution in [2.75, 3.05) is 56.6 Å². The number of fused-ring (bicyclic) bond motifs is 2. The lowest BCUT2D eigenvalue weighted by Gasteiger charge is -2.45. The van der Waals surface area contributed by atoms with Crippen molar-refractivity contribution in [2.24, 2.45) is 37.4 Å². The fraction of sp³-hybridized carbons (Fsp3) is 0.582. The number of hydrogen-bond acceptors (Lipinski definition) is 25. The topological polar surface area (TPSA) is 362 Å². The van der Waals surface area contributed by atoms with E-state index in [1.807, 2.05) is 20.8 Å². The summed E-state index contributed by atoms with van der Waals surface area (Å²) < 4.78 is 184. The molecule has 0 amide bonds. The van der Waals surface area contributed by atoms with Crippen LogP contribution < -0.4 is 5.73 Å². The predicted octanol–water partition coefficient (Wildman–Crippen LogP) is 19.0. The average Bonchev–Trinajstić information content (AvgIpc) is 1.46. The molecule has 708 valence electrons. The maximum atomic E-state index is 15.1. The molecule has 0 saturated carbocycles. The van der Waals surface area contributed by atoms with Gasteiger partial charge in [-0.05, 0) is 271 Å². The van der Waals surface area contributed by atoms with Gasteiger partial charge < -0.3 is 29.8 Å². The van der Waals surface area contributed by atoms with Crippen molar-refractivity contribution >= 4 is 149 Å². The zero-order valence-corrected chi connectivity index (χ0v) is 86.5. The Balaban J connectivity index is 0.000000213. The standard InChI is InChI=1S/C28H36BrFN2O6S2.C21H30BrFN2O4S.C21H28BrFN2O3S.C21H30FN3O3S/c1-19-8-11-21(12-9-19)40(35,36)37-15-14-31-39(34)18-28(7,22-16-20(29)10-13-23(22)30)32-24(27(39,5)6)17-25(33)38-26(2,3)4;1-19(2,3)29-18(27)12-17-20(4,5)30(28,24-9-10-26)13-21(6,25-17)15-11-14(22)7-8-16(15)23;1-19(2,3)28-18(26)12-16-20(4,5)29(27)17(9-10-24-29)21(6,25-16)14-11-13(22)7-8-15(14)23;1-19(2,3)28-18(26)12-16-20(4,5)29(27)17(9-10-24-29)21(6,25-16)14-11-13(23)7-8-15(14)22/h8-13,16H,14-15,17-18H2,1-7H3;7-8,11,26H,9-10,12-13H2,1-6H3;7-8,11,17H,9-10,12H2,1-6H3;7-8,11,17H,9-10,12,23H2,1-6H3/t28-,39+;21-,30+;2*17-,21+,29+/m0000/s1. The third kappa shape index (κ3) is 23.7. The molecule has 25 nitrogen and oxygen atoms in total. The third-order valence-electron chi connectivity index (χ3n) is 23.0. The number of anilines is 1. The SMILES string of the molecule is CC(C)(C)OC(=O)CC1=N[C@](C)(c2cc(Br)ccc2F)C[S@](=O)(=NCCO)C1(C)C.CC(C)(C)OC(=O)CC1=N[C@](C)(c2cc(Br)ccc2F)[C@@H]2CCN=[S@]2(=O)C1(C)C.CC(C)(C)OC(=O)CC1=N[C@](C)(c2cc(N)ccc2F)[C@@H]2CCN=[S@]2(=O)C1(C)C.Cc1ccc(S(=O)(=O)OCCN=[S@@]2(=O)C[C@@](C)(c3cc(Br)ccc3F)N=C(CC(=O)OC(C)(C)C)C2(C)C)cc1. The number of nitrogen functional groups attached to an aromatic ring is 1. The first-order chi connectivity index (χ1) is 58.3. The Hall–Kier alpha value is -6.71. The highest BCUT2D eigenvalue weighted by atomic mass is 79.9. The molecule has 6 aliphatic heterocycles. The van der Waals surface area contributed by atoms with E-state index in [-0.39, 0.29) is 90.8 Å². The summed E-state index contributed by atoms with van der Waals surface area (Å²) in [6, 6.07) is 24.1. The minimum absolute atomic E-state index is 0.00441. The van der Waals surface area contributed by atoms with Crippen molar-refractivity contribution in [1.82, 2.24) is 0 Å². The highest BCUT2D eigenvalue weighted by Gasteiger charge is 2.60. The summed E-state index contributed by atoms with van der Waals surface area (Å²) in [7, 11) is -15.9. The maximum absolute atomic E-state index is 15.1. The Kier molecular flexibility index (Phi) is 32.2. The normalized spacial score (nSPS) is 27.3. The molecule has 0 aromatic heterocycles. The number of nitrogens with two attached hydrogens (primary N) is 1. The predicted molar refractivity (Wildman–Crippen MR) is 510 cm³/mol. The van der Waals surface area contributed by atoms with Crippen LogP contribution in [0.4, 0.5) is 23.2 Å². The van der Waals surface area contributed by atoms with Gasteiger partial charge in [0.15, 0.2) is 0 Å². The van der Waals surface area contributed by atoms with Crippen molar-refractivity contribution in [2.45, 2.75) is 291 Å². The summed E-state index contributed by atoms with van der Waals surface area (Å²) in [4.78, 5) is 69.9. The fourth-order valence-electron chi connectivity index (χ4n) is 16.2. The summed E-state index contributed by atoms with van der Waals surface area (Å²) in [6.07, 6.45) is 0.434. The van der Waals surface area contributed by atoms with E-state index >= 15 is 4.39 Å². The Bertz CT molecular complexity index is 5780. The molecule has 0 fully saturated rings. The first kappa shape index (κ1) is 107. The molecule has 6 heterocycles. The van der Waals surface area contributed by atoms with Gasteiger partial charge in [-0.3, -0.25) is 43.3 Å². The number of benzene rings is 5. The second-order valence-electron chi connectivity index (χ2n) is 39.3. The van der Waals surface area contributed by atoms with Crippen LogP contribution in [0.5, 0.6) is 0 Å². The van der Waals surface area contributed by atoms with Gasteiger partial charge in [0.25, 0.3) is 10.1 Å². The van der Waals surface area contributed by atoms with Crippen LogP contribution in [0, 0.1) is 30.2 Å². The Morgan fingerprint density at radius 2 is 0.766 bits per heavy atom. The van der Waals surface area contributed by atoms with Gasteiger partial charge in [-0.2, -0.15) is 8.42 Å². The molecule has 0 saturated heterocycles. The van der Waals surface area contributed by atoms with E-state index in [1.54, 1.807) is 207 Å². The van der Waals surface area contributed by atoms with Gasteiger partial charge in [0.2, 0.25) is 0 Å². The van der Waals surface area contributed by atoms with Crippen LogP contribution in [0.15, 0.2) is 153 Å². The Morgan fingerprint density at radius 3 is 1.10 bits per heavy atom. The summed E-state index contributed by atoms with van der Waals surface area (Å²) >= 11 is 10.1. The Morgan fingerprint density at radius 1 is 0.461 bits per heavy atom. The molecule has 11 rings (SSSR count). The molecular formula is C91H124Br3F4N9O16S5. The number of esters is 4. The number of hydrogen-bond donors (Lipinski definition) is 2. The minimum Gasteiger partial charge on any atom is -0.460 e. The van der Waals surface area contributed by atoms with E-state index in [1.165, 1.54) is 42.5 Å². The van der Waals surface area contributed by atoms with Crippen LogP contribution in [-0.2, 0) is 113 Å². The number of aliphatic hydroxyl groups is 1. The molecule has 0 bridgehead atoms. The molecule has 37 heteroatoms. The van der Waals surface area contributed by atoms with E-state index in [0.29, 0.717) is 67.7 Å². The first-order valence-electron chi connectivity index (χ1n) is 41.9. The van der Waals surface area contributed by atoms with Gasteiger partial charge in [0.1, 0.15) is 56.8 Å². The monoisotopic (exact) mass is 2070 g/mol. The maximum Gasteiger partial charge on any atom is 0.312 e. The van der Waals surface area contributed by atoms with E-state index in [9.17, 15) is 62.7 Å². The van der Waals surface area contributed by atoms with Crippen molar-refractivity contribution < 1.29 is 90.2 Å². The van der Waals surface area contributed by atoms with Crippen molar-refractivity contribution in [1.29, 1.82) is 0 Å². The molecule has 10 atom stereocenters. The quantitative estimate of drug-likeness (QED) is 0.0194. The smallest absolute Gasteiger partial charge is 0.312 e. The minimum atomic E-state index is -4.04. The molecule has 0 aliphatic carbocycles. The zero-order chi connectivity index (χ0) is 96.8. The summed E-state index contributed by atoms with van der Waals surface area (Å²) in [5, 5.41) is 8.36. The lowest BCUT2D eigenvalue weighted by Crippen LogP contribution is -2.56. The van der Waals surface area contributed by atoms with Crippen LogP contribution in [-0.4, -0.2) is 180 Å². The summed E-state index contributed by atoms with van der Waals surface area (Å²) in [6.45, 7) is 44.0. The van der Waals surface area contributed by atoms with Gasteiger partial charge in [0.05, 0.1) is 148 Å². The van der Waals surface area contributed by atoms with Crippen LogP contribution >= 0.6 is 47.8 Å². The third-order valence-corrected chi connectivity index (χ3v) is 40.0. The molecule has 3 N–H and O–H groups in total. The number of aryl methyl sites for hydroxylation is 1. The van der Waals surface area contributed by atoms with Gasteiger partial charge in [-0.25, -0.2) is 51.8 Å². The lowest BCUT2D eigenvalue weighted by atomic mass is 9.85. The largest absolute Gasteiger partial charge is 0.460 e. The van der Waals surface area contributed by atoms with Gasteiger partial charge >= 0.3 is 23.9 Å². The second-order valence-corrected chi connectivity index (χ2v) is 55.3. The van der Waals surface area contributed by atoms with Gasteiger partial charge in [-0.1, -0.05) is 65.5 Å². The molecule has 128 heavy (non-hydrogen) atoms.